The van der Waals surface area contributed by atoms with Gasteiger partial charge in [0.15, 0.2) is 16.6 Å². The maximum Gasteiger partial charge on any atom is 0.251 e. The lowest BCUT2D eigenvalue weighted by atomic mass is 9.85. The van der Waals surface area contributed by atoms with Gasteiger partial charge in [-0.3, -0.25) is 4.79 Å². The van der Waals surface area contributed by atoms with Crippen LogP contribution in [0.25, 0.3) is 0 Å². The normalized spacial score (nSPS) is 19.9. The van der Waals surface area contributed by atoms with Gasteiger partial charge in [0.25, 0.3) is 5.56 Å². The van der Waals surface area contributed by atoms with Crippen molar-refractivity contribution in [2.24, 2.45) is 0 Å². The summed E-state index contributed by atoms with van der Waals surface area (Å²) in [5.41, 5.74) is 0.737. The van der Waals surface area contributed by atoms with Crippen molar-refractivity contribution in [2.75, 3.05) is 6.61 Å². The minimum Gasteiger partial charge on any atom is -0.485 e. The Labute approximate surface area is 255 Å². The third-order valence-corrected chi connectivity index (χ3v) is 18.6. The van der Waals surface area contributed by atoms with Crippen molar-refractivity contribution >= 4 is 16.6 Å². The molecule has 1 aliphatic rings. The Balaban J connectivity index is 1.97. The standard InChI is InChI=1S/C33H52N2O5Si2/c1-31(2,3)41(9,10)38-19-13-14-26(40-42(11,12)32(4,5)6)24-17-18-35(28(36)21-24)29-25-20-23(22-34)15-16-27(25)39-33(7,8)30(29)37/h15-18,20-21,26,29-30,37H,13-14,19H2,1-12H3. The van der Waals surface area contributed by atoms with Gasteiger partial charge in [-0.25, -0.2) is 0 Å². The van der Waals surface area contributed by atoms with E-state index in [1.54, 1.807) is 48.9 Å². The zero-order chi connectivity index (χ0) is 31.9. The summed E-state index contributed by atoms with van der Waals surface area (Å²) in [7, 11) is -4.02. The van der Waals surface area contributed by atoms with Crippen molar-refractivity contribution in [1.29, 1.82) is 5.26 Å². The van der Waals surface area contributed by atoms with E-state index in [1.165, 1.54) is 0 Å². The first-order valence-corrected chi connectivity index (χ1v) is 20.9. The Morgan fingerprint density at radius 1 is 1.05 bits per heavy atom. The lowest BCUT2D eigenvalue weighted by Crippen LogP contribution is -2.52. The molecule has 3 unspecified atom stereocenters. The van der Waals surface area contributed by atoms with E-state index in [2.05, 4.69) is 73.8 Å². The van der Waals surface area contributed by atoms with Gasteiger partial charge in [-0.2, -0.15) is 5.26 Å². The fraction of sp³-hybridized carbons (Fsp3) is 0.636. The Morgan fingerprint density at radius 3 is 2.21 bits per heavy atom. The van der Waals surface area contributed by atoms with Gasteiger partial charge in [0.2, 0.25) is 0 Å². The molecule has 232 valence electrons. The fourth-order valence-electron chi connectivity index (χ4n) is 4.71. The van der Waals surface area contributed by atoms with E-state index in [9.17, 15) is 15.2 Å². The Hall–Kier alpha value is -2.23. The second-order valence-corrected chi connectivity index (χ2v) is 24.8. The molecule has 2 aromatic rings. The van der Waals surface area contributed by atoms with Crippen molar-refractivity contribution in [1.82, 2.24) is 4.57 Å². The molecule has 1 aliphatic heterocycles. The molecule has 0 spiro atoms. The molecule has 1 N–H and O–H groups in total. The topological polar surface area (TPSA) is 93.7 Å². The van der Waals surface area contributed by atoms with Gasteiger partial charge in [0.05, 0.1) is 23.8 Å². The Morgan fingerprint density at radius 2 is 1.67 bits per heavy atom. The van der Waals surface area contributed by atoms with Gasteiger partial charge in [-0.1, -0.05) is 41.5 Å². The first-order chi connectivity index (χ1) is 19.1. The molecular formula is C33H52N2O5Si2. The van der Waals surface area contributed by atoms with Crippen molar-refractivity contribution in [3.05, 3.63) is 63.6 Å². The second kappa shape index (κ2) is 12.0. The molecule has 1 aromatic heterocycles. The monoisotopic (exact) mass is 612 g/mol. The molecule has 0 radical (unpaired) electrons. The minimum atomic E-state index is -2.16. The zero-order valence-corrected chi connectivity index (χ0v) is 29.8. The number of benzene rings is 1. The number of nitriles is 1. The van der Waals surface area contributed by atoms with Crippen LogP contribution in [0.1, 0.15) is 97.1 Å². The Kier molecular flexibility index (Phi) is 9.83. The SMILES string of the molecule is CC1(C)Oc2ccc(C#N)cc2C(n2ccc(C(CCCO[Si](C)(C)C(C)(C)C)O[Si](C)(C)C(C)(C)C)cc2=O)C1O. The summed E-state index contributed by atoms with van der Waals surface area (Å²) in [5, 5.41) is 21.0. The van der Waals surface area contributed by atoms with E-state index >= 15 is 0 Å². The molecule has 0 saturated heterocycles. The lowest BCUT2D eigenvalue weighted by molar-refractivity contribution is -0.0643. The summed E-state index contributed by atoms with van der Waals surface area (Å²) >= 11 is 0. The number of aliphatic hydroxyl groups excluding tert-OH is 1. The van der Waals surface area contributed by atoms with Crippen molar-refractivity contribution in [3.8, 4) is 11.8 Å². The van der Waals surface area contributed by atoms with Crippen LogP contribution in [-0.2, 0) is 8.85 Å². The molecule has 0 saturated carbocycles. The van der Waals surface area contributed by atoms with Crippen LogP contribution >= 0.6 is 0 Å². The molecule has 0 fully saturated rings. The van der Waals surface area contributed by atoms with Crippen LogP contribution in [0, 0.1) is 11.3 Å². The van der Waals surface area contributed by atoms with Gasteiger partial charge in [-0.15, -0.1) is 0 Å². The number of nitrogens with zero attached hydrogens (tertiary/aromatic N) is 2. The summed E-state index contributed by atoms with van der Waals surface area (Å²) in [6.07, 6.45) is 2.07. The average Bonchev–Trinajstić information content (AvgIpc) is 2.85. The number of hydrogen-bond donors (Lipinski definition) is 1. The summed E-state index contributed by atoms with van der Waals surface area (Å²) in [6, 6.07) is 10.2. The minimum absolute atomic E-state index is 0.0117. The number of pyridine rings is 1. The van der Waals surface area contributed by atoms with Gasteiger partial charge in [-0.05, 0) is 92.8 Å². The summed E-state index contributed by atoms with van der Waals surface area (Å²) in [6.45, 7) is 26.7. The Bertz CT molecular complexity index is 1360. The third kappa shape index (κ3) is 7.28. The second-order valence-electron chi connectivity index (χ2n) is 15.3. The lowest BCUT2D eigenvalue weighted by Gasteiger charge is -2.43. The zero-order valence-electron chi connectivity index (χ0n) is 27.8. The van der Waals surface area contributed by atoms with Crippen LogP contribution in [0.2, 0.25) is 36.3 Å². The predicted molar refractivity (Wildman–Crippen MR) is 174 cm³/mol. The van der Waals surface area contributed by atoms with E-state index in [0.717, 1.165) is 18.4 Å². The highest BCUT2D eigenvalue weighted by atomic mass is 28.4. The van der Waals surface area contributed by atoms with E-state index in [4.69, 9.17) is 13.6 Å². The van der Waals surface area contributed by atoms with E-state index in [1.807, 2.05) is 6.07 Å². The molecule has 0 amide bonds. The number of fused-ring (bicyclic) bond motifs is 1. The molecule has 3 atom stereocenters. The van der Waals surface area contributed by atoms with E-state index in [0.29, 0.717) is 23.5 Å². The summed E-state index contributed by atoms with van der Waals surface area (Å²) in [4.78, 5) is 13.8. The van der Waals surface area contributed by atoms with Crippen molar-refractivity contribution in [2.45, 2.75) is 128 Å². The molecule has 9 heteroatoms. The molecule has 0 bridgehead atoms. The maximum atomic E-state index is 13.8. The molecule has 3 rings (SSSR count). The van der Waals surface area contributed by atoms with Gasteiger partial charge >= 0.3 is 0 Å². The van der Waals surface area contributed by atoms with Crippen LogP contribution in [0.4, 0.5) is 0 Å². The van der Waals surface area contributed by atoms with Crippen LogP contribution in [0.3, 0.4) is 0 Å². The molecule has 2 heterocycles. The predicted octanol–water partition coefficient (Wildman–Crippen LogP) is 7.71. The van der Waals surface area contributed by atoms with Crippen molar-refractivity contribution in [3.63, 3.8) is 0 Å². The van der Waals surface area contributed by atoms with Gasteiger partial charge in [0.1, 0.15) is 17.5 Å². The average molecular weight is 613 g/mol. The highest BCUT2D eigenvalue weighted by Gasteiger charge is 2.45. The number of hydrogen-bond acceptors (Lipinski definition) is 6. The first-order valence-electron chi connectivity index (χ1n) is 15.1. The molecule has 42 heavy (non-hydrogen) atoms. The molecule has 0 aliphatic carbocycles. The van der Waals surface area contributed by atoms with E-state index in [-0.39, 0.29) is 21.7 Å². The molecular weight excluding hydrogens is 561 g/mol. The molecule has 1 aromatic carbocycles. The summed E-state index contributed by atoms with van der Waals surface area (Å²) < 4.78 is 21.0. The largest absolute Gasteiger partial charge is 0.485 e. The van der Waals surface area contributed by atoms with Gasteiger partial charge in [0, 0.05) is 24.4 Å². The summed E-state index contributed by atoms with van der Waals surface area (Å²) in [5.74, 6) is 0.561. The number of ether oxygens (including phenoxy) is 1. The first kappa shape index (κ1) is 34.3. The quantitative estimate of drug-likeness (QED) is 0.230. The number of aromatic nitrogens is 1. The smallest absolute Gasteiger partial charge is 0.251 e. The van der Waals surface area contributed by atoms with Crippen LogP contribution in [0.5, 0.6) is 5.75 Å². The third-order valence-electron chi connectivity index (χ3n) is 9.61. The van der Waals surface area contributed by atoms with E-state index < -0.39 is 34.4 Å². The van der Waals surface area contributed by atoms with Crippen LogP contribution in [0.15, 0.2) is 41.3 Å². The maximum absolute atomic E-state index is 13.8. The number of aliphatic hydroxyl groups is 1. The fourth-order valence-corrected chi connectivity index (χ4v) is 7.12. The highest BCUT2D eigenvalue weighted by molar-refractivity contribution is 6.74. The van der Waals surface area contributed by atoms with Crippen molar-refractivity contribution < 1.29 is 18.7 Å². The highest BCUT2D eigenvalue weighted by Crippen LogP contribution is 2.43. The van der Waals surface area contributed by atoms with Gasteiger partial charge < -0.3 is 23.3 Å². The van der Waals surface area contributed by atoms with Crippen LogP contribution in [-0.4, -0.2) is 44.6 Å². The molecule has 7 nitrogen and oxygen atoms in total. The van der Waals surface area contributed by atoms with Crippen LogP contribution < -0.4 is 10.3 Å². The number of rotatable bonds is 9.